The van der Waals surface area contributed by atoms with Crippen molar-refractivity contribution in [3.05, 3.63) is 57.8 Å². The van der Waals surface area contributed by atoms with Crippen LogP contribution < -0.4 is 5.32 Å². The molecule has 24 heavy (non-hydrogen) atoms. The van der Waals surface area contributed by atoms with Crippen molar-refractivity contribution in [2.45, 2.75) is 33.2 Å². The summed E-state index contributed by atoms with van der Waals surface area (Å²) in [6, 6.07) is 11.6. The van der Waals surface area contributed by atoms with Gasteiger partial charge in [-0.25, -0.2) is 4.79 Å². The molecule has 0 unspecified atom stereocenters. The van der Waals surface area contributed by atoms with Crippen LogP contribution in [0.5, 0.6) is 0 Å². The highest BCUT2D eigenvalue weighted by atomic mass is 32.1. The van der Waals surface area contributed by atoms with E-state index in [1.807, 2.05) is 19.1 Å². The lowest BCUT2D eigenvalue weighted by Crippen LogP contribution is -2.31. The molecule has 2 rings (SSSR count). The first-order valence-electron chi connectivity index (χ1n) is 8.04. The van der Waals surface area contributed by atoms with E-state index in [0.717, 1.165) is 12.0 Å². The van der Waals surface area contributed by atoms with Crippen LogP contribution in [0.1, 0.15) is 47.6 Å². The van der Waals surface area contributed by atoms with Gasteiger partial charge in [-0.05, 0) is 41.8 Å². The van der Waals surface area contributed by atoms with E-state index < -0.39 is 5.97 Å². The number of benzene rings is 1. The van der Waals surface area contributed by atoms with Crippen LogP contribution in [0.15, 0.2) is 41.8 Å². The summed E-state index contributed by atoms with van der Waals surface area (Å²) in [4.78, 5) is 24.1. The highest BCUT2D eigenvalue weighted by Gasteiger charge is 2.13. The van der Waals surface area contributed by atoms with Crippen molar-refractivity contribution in [3.8, 4) is 0 Å². The Morgan fingerprint density at radius 1 is 1.12 bits per heavy atom. The van der Waals surface area contributed by atoms with Crippen molar-refractivity contribution in [1.82, 2.24) is 5.32 Å². The molecule has 0 aliphatic rings. The summed E-state index contributed by atoms with van der Waals surface area (Å²) < 4.78 is 5.01. The lowest BCUT2D eigenvalue weighted by molar-refractivity contribution is -0.124. The molecule has 1 aromatic heterocycles. The first-order valence-corrected chi connectivity index (χ1v) is 8.92. The van der Waals surface area contributed by atoms with Crippen LogP contribution in [0.25, 0.3) is 0 Å². The molecule has 0 saturated heterocycles. The number of hydrogen-bond acceptors (Lipinski definition) is 4. The normalized spacial score (nSPS) is 12.0. The van der Waals surface area contributed by atoms with Crippen LogP contribution in [0.3, 0.4) is 0 Å². The fraction of sp³-hybridized carbons (Fsp3) is 0.368. The molecule has 2 aromatic rings. The Kier molecular flexibility index (Phi) is 6.55. The van der Waals surface area contributed by atoms with Gasteiger partial charge in [-0.2, -0.15) is 0 Å². The molecule has 1 aromatic carbocycles. The van der Waals surface area contributed by atoms with Crippen molar-refractivity contribution in [2.24, 2.45) is 5.92 Å². The summed E-state index contributed by atoms with van der Waals surface area (Å²) in [5.41, 5.74) is 2.32. The first-order chi connectivity index (χ1) is 11.5. The average Bonchev–Trinajstić information content (AvgIpc) is 3.07. The van der Waals surface area contributed by atoms with E-state index in [0.29, 0.717) is 10.8 Å². The van der Waals surface area contributed by atoms with E-state index in [1.165, 1.54) is 16.9 Å². The van der Waals surface area contributed by atoms with Gasteiger partial charge in [0, 0.05) is 0 Å². The lowest BCUT2D eigenvalue weighted by atomic mass is 10.00. The minimum absolute atomic E-state index is 0.133. The van der Waals surface area contributed by atoms with E-state index in [1.54, 1.807) is 17.5 Å². The molecule has 1 atom stereocenters. The molecule has 0 radical (unpaired) electrons. The number of ether oxygens (including phenoxy) is 1. The molecule has 0 bridgehead atoms. The minimum Gasteiger partial charge on any atom is -0.451 e. The third kappa shape index (κ3) is 5.49. The number of rotatable bonds is 7. The Balaban J connectivity index is 1.81. The number of thiophene rings is 1. The maximum atomic E-state index is 11.9. The molecule has 0 spiro atoms. The monoisotopic (exact) mass is 345 g/mol. The zero-order valence-corrected chi connectivity index (χ0v) is 15.1. The van der Waals surface area contributed by atoms with Crippen LogP contribution in [0.2, 0.25) is 0 Å². The molecule has 128 valence electrons. The predicted octanol–water partition coefficient (Wildman–Crippen LogP) is 3.98. The van der Waals surface area contributed by atoms with Crippen molar-refractivity contribution < 1.29 is 14.3 Å². The van der Waals surface area contributed by atoms with Crippen LogP contribution in [-0.4, -0.2) is 18.5 Å². The Bertz CT molecular complexity index is 662. The average molecular weight is 345 g/mol. The fourth-order valence-electron chi connectivity index (χ4n) is 2.38. The van der Waals surface area contributed by atoms with Gasteiger partial charge in [0.15, 0.2) is 6.61 Å². The van der Waals surface area contributed by atoms with Gasteiger partial charge < -0.3 is 10.1 Å². The van der Waals surface area contributed by atoms with Gasteiger partial charge >= 0.3 is 5.97 Å². The molecule has 0 aliphatic carbocycles. The molecule has 5 heteroatoms. The number of carbonyl (C=O) groups excluding carboxylic acids is 2. The van der Waals surface area contributed by atoms with Gasteiger partial charge in [-0.3, -0.25) is 4.79 Å². The number of amides is 1. The molecule has 4 nitrogen and oxygen atoms in total. The molecule has 1 amide bonds. The van der Waals surface area contributed by atoms with Crippen molar-refractivity contribution in [1.29, 1.82) is 0 Å². The van der Waals surface area contributed by atoms with Gasteiger partial charge in [-0.15, -0.1) is 11.3 Å². The Hall–Kier alpha value is -2.14. The van der Waals surface area contributed by atoms with Gasteiger partial charge in [0.1, 0.15) is 4.88 Å². The topological polar surface area (TPSA) is 55.4 Å². The maximum Gasteiger partial charge on any atom is 0.348 e. The van der Waals surface area contributed by atoms with Gasteiger partial charge in [0.25, 0.3) is 5.91 Å². The van der Waals surface area contributed by atoms with Gasteiger partial charge in [0.05, 0.1) is 6.04 Å². The van der Waals surface area contributed by atoms with Crippen molar-refractivity contribution >= 4 is 23.2 Å². The summed E-state index contributed by atoms with van der Waals surface area (Å²) in [6.07, 6.45) is 1.04. The van der Waals surface area contributed by atoms with Crippen LogP contribution in [-0.2, 0) is 16.0 Å². The van der Waals surface area contributed by atoms with Crippen LogP contribution in [0.4, 0.5) is 0 Å². The second-order valence-corrected chi connectivity index (χ2v) is 7.13. The van der Waals surface area contributed by atoms with E-state index >= 15 is 0 Å². The van der Waals surface area contributed by atoms with Gasteiger partial charge in [0.2, 0.25) is 0 Å². The molecular formula is C19H23NO3S. The van der Waals surface area contributed by atoms with Crippen molar-refractivity contribution in [3.63, 3.8) is 0 Å². The summed E-state index contributed by atoms with van der Waals surface area (Å²) >= 11 is 1.29. The van der Waals surface area contributed by atoms with E-state index in [4.69, 9.17) is 4.74 Å². The molecule has 1 heterocycles. The van der Waals surface area contributed by atoms with Crippen LogP contribution >= 0.6 is 11.3 Å². The third-order valence-corrected chi connectivity index (χ3v) is 4.41. The molecule has 1 N–H and O–H groups in total. The van der Waals surface area contributed by atoms with Crippen molar-refractivity contribution in [2.75, 3.05) is 6.61 Å². The largest absolute Gasteiger partial charge is 0.451 e. The van der Waals surface area contributed by atoms with E-state index in [2.05, 4.69) is 31.3 Å². The zero-order chi connectivity index (χ0) is 17.5. The Morgan fingerprint density at radius 3 is 2.42 bits per heavy atom. The Labute approximate surface area is 146 Å². The minimum atomic E-state index is -0.467. The standard InChI is InChI=1S/C19H23NO3S/c1-13(2)11-15-6-8-16(9-7-15)14(3)20-18(21)12-23-19(22)17-5-4-10-24-17/h4-10,13-14H,11-12H2,1-3H3,(H,20,21)/t14-/m1/s1. The highest BCUT2D eigenvalue weighted by molar-refractivity contribution is 7.11. The summed E-state index contributed by atoms with van der Waals surface area (Å²) in [7, 11) is 0. The predicted molar refractivity (Wildman–Crippen MR) is 96.1 cm³/mol. The number of carbonyl (C=O) groups is 2. The molecular weight excluding hydrogens is 322 g/mol. The second-order valence-electron chi connectivity index (χ2n) is 6.18. The van der Waals surface area contributed by atoms with E-state index in [-0.39, 0.29) is 18.6 Å². The zero-order valence-electron chi connectivity index (χ0n) is 14.2. The lowest BCUT2D eigenvalue weighted by Gasteiger charge is -2.15. The summed E-state index contributed by atoms with van der Waals surface area (Å²) in [5, 5.41) is 4.64. The molecule has 0 saturated carbocycles. The highest BCUT2D eigenvalue weighted by Crippen LogP contribution is 2.15. The molecule has 0 aliphatic heterocycles. The summed E-state index contributed by atoms with van der Waals surface area (Å²) in [6.45, 7) is 6.02. The summed E-state index contributed by atoms with van der Waals surface area (Å²) in [5.74, 6) is -0.157. The number of hydrogen-bond donors (Lipinski definition) is 1. The smallest absolute Gasteiger partial charge is 0.348 e. The first kappa shape index (κ1) is 18.2. The van der Waals surface area contributed by atoms with Crippen LogP contribution in [0, 0.1) is 5.92 Å². The second kappa shape index (κ2) is 8.64. The number of esters is 1. The fourth-order valence-corrected chi connectivity index (χ4v) is 2.99. The quantitative estimate of drug-likeness (QED) is 0.772. The molecule has 0 fully saturated rings. The number of nitrogens with one attached hydrogen (secondary N) is 1. The Morgan fingerprint density at radius 2 is 1.83 bits per heavy atom. The third-order valence-electron chi connectivity index (χ3n) is 3.56. The maximum absolute atomic E-state index is 11.9. The van der Waals surface area contributed by atoms with Gasteiger partial charge in [-0.1, -0.05) is 44.2 Å². The van der Waals surface area contributed by atoms with E-state index in [9.17, 15) is 9.59 Å². The SMILES string of the molecule is CC(C)Cc1ccc([C@@H](C)NC(=O)COC(=O)c2cccs2)cc1.